The van der Waals surface area contributed by atoms with Crippen molar-refractivity contribution < 1.29 is 48.0 Å². The summed E-state index contributed by atoms with van der Waals surface area (Å²) in [5.41, 5.74) is 0. The number of ether oxygens (including phenoxy) is 5. The molecule has 1 aliphatic heterocycles. The fourth-order valence-corrected chi connectivity index (χ4v) is 2.13. The Labute approximate surface area is 137 Å². The molecule has 0 spiro atoms. The maximum absolute atomic E-state index is 11.3. The third kappa shape index (κ3) is 5.78. The number of carbonyl (C=O) groups excluding carboxylic acids is 4. The lowest BCUT2D eigenvalue weighted by molar-refractivity contribution is -0.298. The standard InChI is InChI=1S/C14H20O10/c1-6(15)20-5-10-11(19)12(21-7(2)16)13(22-8(3)17)14(24-10)23-9(4)18/h10-14,19H,5H2,1-4H3/t10-,11+,12+,13-,14+/m1/s1. The third-order valence-electron chi connectivity index (χ3n) is 2.96. The van der Waals surface area contributed by atoms with Crippen molar-refractivity contribution in [2.45, 2.75) is 58.4 Å². The molecule has 1 fully saturated rings. The van der Waals surface area contributed by atoms with Gasteiger partial charge in [-0.1, -0.05) is 0 Å². The molecule has 5 atom stereocenters. The topological polar surface area (TPSA) is 135 Å². The van der Waals surface area contributed by atoms with Crippen LogP contribution in [0.15, 0.2) is 0 Å². The van der Waals surface area contributed by atoms with Crippen molar-refractivity contribution in [2.24, 2.45) is 0 Å². The Morgan fingerprint density at radius 1 is 0.833 bits per heavy atom. The van der Waals surface area contributed by atoms with E-state index in [0.29, 0.717) is 0 Å². The highest BCUT2D eigenvalue weighted by atomic mass is 16.7. The van der Waals surface area contributed by atoms with E-state index in [1.807, 2.05) is 0 Å². The summed E-state index contributed by atoms with van der Waals surface area (Å²) in [7, 11) is 0. The highest BCUT2D eigenvalue weighted by molar-refractivity contribution is 5.68. The summed E-state index contributed by atoms with van der Waals surface area (Å²) >= 11 is 0. The maximum Gasteiger partial charge on any atom is 0.305 e. The van der Waals surface area contributed by atoms with Crippen molar-refractivity contribution >= 4 is 23.9 Å². The average molecular weight is 348 g/mol. The maximum atomic E-state index is 11.3. The summed E-state index contributed by atoms with van der Waals surface area (Å²) in [6.07, 6.45) is -6.83. The molecule has 1 rings (SSSR count). The lowest BCUT2D eigenvalue weighted by atomic mass is 9.98. The summed E-state index contributed by atoms with van der Waals surface area (Å²) < 4.78 is 25.0. The Balaban J connectivity index is 3.07. The van der Waals surface area contributed by atoms with Crippen LogP contribution < -0.4 is 0 Å². The molecule has 0 radical (unpaired) electrons. The first-order chi connectivity index (χ1) is 11.1. The molecule has 0 aliphatic carbocycles. The van der Waals surface area contributed by atoms with Crippen LogP contribution in [0.1, 0.15) is 27.7 Å². The van der Waals surface area contributed by atoms with Crippen LogP contribution in [-0.2, 0) is 42.9 Å². The Morgan fingerprint density at radius 2 is 1.33 bits per heavy atom. The molecule has 0 bridgehead atoms. The second-order valence-electron chi connectivity index (χ2n) is 5.09. The molecule has 10 nitrogen and oxygen atoms in total. The molecule has 1 N–H and O–H groups in total. The van der Waals surface area contributed by atoms with Crippen LogP contribution in [0.3, 0.4) is 0 Å². The highest BCUT2D eigenvalue weighted by Crippen LogP contribution is 2.27. The van der Waals surface area contributed by atoms with Gasteiger partial charge in [-0.15, -0.1) is 0 Å². The van der Waals surface area contributed by atoms with Gasteiger partial charge in [-0.2, -0.15) is 0 Å². The molecule has 0 aromatic heterocycles. The lowest BCUT2D eigenvalue weighted by Crippen LogP contribution is -2.62. The molecule has 1 heterocycles. The SMILES string of the molecule is CC(=O)OC[C@H]1O[C@H](OC(C)=O)[C@H](OC(C)=O)[C@@H](OC(C)=O)[C@H]1O. The van der Waals surface area contributed by atoms with Crippen molar-refractivity contribution in [3.05, 3.63) is 0 Å². The Morgan fingerprint density at radius 3 is 1.79 bits per heavy atom. The molecular weight excluding hydrogens is 328 g/mol. The van der Waals surface area contributed by atoms with Gasteiger partial charge in [-0.05, 0) is 0 Å². The van der Waals surface area contributed by atoms with E-state index in [9.17, 15) is 24.3 Å². The number of carbonyl (C=O) groups is 4. The van der Waals surface area contributed by atoms with Gasteiger partial charge in [-0.25, -0.2) is 0 Å². The molecule has 0 aromatic carbocycles. The van der Waals surface area contributed by atoms with Crippen LogP contribution in [-0.4, -0.2) is 66.3 Å². The molecule has 10 heteroatoms. The molecular formula is C14H20O10. The van der Waals surface area contributed by atoms with Crippen molar-refractivity contribution in [3.8, 4) is 0 Å². The van der Waals surface area contributed by atoms with E-state index in [1.165, 1.54) is 0 Å². The van der Waals surface area contributed by atoms with Crippen LogP contribution in [0, 0.1) is 0 Å². The molecule has 1 saturated heterocycles. The zero-order chi connectivity index (χ0) is 18.4. The number of rotatable bonds is 5. The Kier molecular flexibility index (Phi) is 7.11. The fourth-order valence-electron chi connectivity index (χ4n) is 2.13. The predicted molar refractivity (Wildman–Crippen MR) is 74.2 cm³/mol. The third-order valence-corrected chi connectivity index (χ3v) is 2.96. The Bertz CT molecular complexity index is 502. The summed E-state index contributed by atoms with van der Waals surface area (Å²) in [5, 5.41) is 10.3. The predicted octanol–water partition coefficient (Wildman–Crippen LogP) is -0.938. The second-order valence-corrected chi connectivity index (χ2v) is 5.09. The number of aliphatic hydroxyl groups excluding tert-OH is 1. The quantitative estimate of drug-likeness (QED) is 0.490. The number of aliphatic hydroxyl groups is 1. The largest absolute Gasteiger partial charge is 0.463 e. The smallest absolute Gasteiger partial charge is 0.305 e. The Hall–Kier alpha value is -2.20. The van der Waals surface area contributed by atoms with Crippen LogP contribution in [0.2, 0.25) is 0 Å². The average Bonchev–Trinajstić information content (AvgIpc) is 2.42. The van der Waals surface area contributed by atoms with Gasteiger partial charge in [0.2, 0.25) is 12.4 Å². The summed E-state index contributed by atoms with van der Waals surface area (Å²) in [5.74, 6) is -2.89. The summed E-state index contributed by atoms with van der Waals surface area (Å²) in [6, 6.07) is 0. The van der Waals surface area contributed by atoms with Gasteiger partial charge >= 0.3 is 23.9 Å². The van der Waals surface area contributed by atoms with Gasteiger partial charge in [-0.3, -0.25) is 19.2 Å². The van der Waals surface area contributed by atoms with E-state index < -0.39 is 54.6 Å². The minimum absolute atomic E-state index is 0.376. The van der Waals surface area contributed by atoms with Gasteiger partial charge in [0.1, 0.15) is 18.8 Å². The van der Waals surface area contributed by atoms with Crippen molar-refractivity contribution in [1.82, 2.24) is 0 Å². The number of hydrogen-bond donors (Lipinski definition) is 1. The fraction of sp³-hybridized carbons (Fsp3) is 0.714. The first-order valence-corrected chi connectivity index (χ1v) is 7.10. The van der Waals surface area contributed by atoms with Gasteiger partial charge in [0.15, 0.2) is 6.10 Å². The van der Waals surface area contributed by atoms with Crippen molar-refractivity contribution in [2.75, 3.05) is 6.61 Å². The van der Waals surface area contributed by atoms with E-state index in [-0.39, 0.29) is 6.61 Å². The van der Waals surface area contributed by atoms with Gasteiger partial charge in [0.25, 0.3) is 0 Å². The minimum Gasteiger partial charge on any atom is -0.463 e. The van der Waals surface area contributed by atoms with Crippen molar-refractivity contribution in [1.29, 1.82) is 0 Å². The molecule has 0 amide bonds. The number of hydrogen-bond acceptors (Lipinski definition) is 10. The van der Waals surface area contributed by atoms with E-state index in [0.717, 1.165) is 27.7 Å². The van der Waals surface area contributed by atoms with Gasteiger partial charge < -0.3 is 28.8 Å². The van der Waals surface area contributed by atoms with E-state index in [4.69, 9.17) is 23.7 Å². The zero-order valence-electron chi connectivity index (χ0n) is 13.7. The molecule has 136 valence electrons. The zero-order valence-corrected chi connectivity index (χ0v) is 13.7. The van der Waals surface area contributed by atoms with E-state index in [1.54, 1.807) is 0 Å². The molecule has 0 aromatic rings. The molecule has 0 saturated carbocycles. The van der Waals surface area contributed by atoms with Crippen LogP contribution in [0.5, 0.6) is 0 Å². The van der Waals surface area contributed by atoms with Crippen LogP contribution in [0.4, 0.5) is 0 Å². The molecule has 0 unspecified atom stereocenters. The monoisotopic (exact) mass is 348 g/mol. The highest BCUT2D eigenvalue weighted by Gasteiger charge is 2.51. The van der Waals surface area contributed by atoms with Gasteiger partial charge in [0, 0.05) is 27.7 Å². The number of esters is 4. The summed E-state index contributed by atoms with van der Waals surface area (Å²) in [4.78, 5) is 44.7. The first kappa shape index (κ1) is 19.8. The van der Waals surface area contributed by atoms with Crippen molar-refractivity contribution in [3.63, 3.8) is 0 Å². The van der Waals surface area contributed by atoms with E-state index >= 15 is 0 Å². The molecule has 1 aliphatic rings. The normalized spacial score (nSPS) is 29.3. The lowest BCUT2D eigenvalue weighted by Gasteiger charge is -2.42. The summed E-state index contributed by atoms with van der Waals surface area (Å²) in [6.45, 7) is 4.06. The first-order valence-electron chi connectivity index (χ1n) is 7.10. The van der Waals surface area contributed by atoms with Gasteiger partial charge in [0.05, 0.1) is 0 Å². The minimum atomic E-state index is -1.48. The van der Waals surface area contributed by atoms with Crippen LogP contribution >= 0.6 is 0 Å². The van der Waals surface area contributed by atoms with E-state index in [2.05, 4.69) is 0 Å². The second kappa shape index (κ2) is 8.60. The molecule has 24 heavy (non-hydrogen) atoms. The van der Waals surface area contributed by atoms with Crippen LogP contribution in [0.25, 0.3) is 0 Å².